The Morgan fingerprint density at radius 2 is 1.45 bits per heavy atom. The van der Waals surface area contributed by atoms with Gasteiger partial charge in [-0.2, -0.15) is 0 Å². The topological polar surface area (TPSA) is 43.9 Å². The number of thioether (sulfide) groups is 1. The molecule has 0 N–H and O–H groups in total. The zero-order valence-corrected chi connectivity index (χ0v) is 37.8. The lowest BCUT2D eigenvalue weighted by Gasteiger charge is -2.26. The van der Waals surface area contributed by atoms with Crippen LogP contribution in [0, 0.1) is 11.8 Å². The van der Waals surface area contributed by atoms with Crippen LogP contribution in [-0.4, -0.2) is 19.8 Å². The number of allylic oxidation sites excluding steroid dienone is 10. The maximum atomic E-state index is 6.46. The highest BCUT2D eigenvalue weighted by molar-refractivity contribution is 8.05. The molecule has 4 nitrogen and oxygen atoms in total. The van der Waals surface area contributed by atoms with Crippen molar-refractivity contribution in [2.45, 2.75) is 50.2 Å². The van der Waals surface area contributed by atoms with Gasteiger partial charge in [-0.05, 0) is 119 Å². The van der Waals surface area contributed by atoms with Crippen LogP contribution in [0.4, 0.5) is 0 Å². The summed E-state index contributed by atoms with van der Waals surface area (Å²) < 4.78 is 8.76. The smallest absolute Gasteiger partial charge is 0.235 e. The maximum Gasteiger partial charge on any atom is 0.235 e. The summed E-state index contributed by atoms with van der Waals surface area (Å²) in [6.45, 7) is 0. The molecule has 0 saturated heterocycles. The van der Waals surface area contributed by atoms with Crippen molar-refractivity contribution in [3.05, 3.63) is 205 Å². The Morgan fingerprint density at radius 1 is 0.642 bits per heavy atom. The van der Waals surface area contributed by atoms with E-state index in [1.165, 1.54) is 66.4 Å². The van der Waals surface area contributed by atoms with Crippen LogP contribution in [-0.2, 0) is 6.42 Å². The van der Waals surface area contributed by atoms with Gasteiger partial charge in [-0.3, -0.25) is 4.57 Å². The van der Waals surface area contributed by atoms with E-state index in [9.17, 15) is 0 Å². The van der Waals surface area contributed by atoms with Crippen LogP contribution in [0.3, 0.4) is 0 Å². The lowest BCUT2D eigenvalue weighted by atomic mass is 9.79. The van der Waals surface area contributed by atoms with E-state index in [0.29, 0.717) is 23.0 Å². The molecule has 0 radical (unpaired) electrons. The van der Waals surface area contributed by atoms with E-state index >= 15 is 0 Å². The molecule has 0 bridgehead atoms. The average Bonchev–Trinajstić information content (AvgIpc) is 4.14. The zero-order valence-electron chi connectivity index (χ0n) is 37.0. The Kier molecular flexibility index (Phi) is 8.30. The van der Waals surface area contributed by atoms with E-state index in [0.717, 1.165) is 88.3 Å². The van der Waals surface area contributed by atoms with Crippen LogP contribution in [0.25, 0.3) is 96.6 Å². The predicted octanol–water partition coefficient (Wildman–Crippen LogP) is 12.2. The number of para-hydroxylation sites is 3. The van der Waals surface area contributed by atoms with Crippen LogP contribution in [0.15, 0.2) is 172 Å². The lowest BCUT2D eigenvalue weighted by molar-refractivity contribution is 0.572. The van der Waals surface area contributed by atoms with Crippen molar-refractivity contribution >= 4 is 80.0 Å². The molecule has 3 unspecified atom stereocenters. The fourth-order valence-electron chi connectivity index (χ4n) is 12.3. The molecule has 320 valence electrons. The van der Waals surface area contributed by atoms with Gasteiger partial charge in [0.2, 0.25) is 5.95 Å². The SMILES string of the molecule is C1=CC(C2=CCC3SC4=C(C3=C2)c2cccc3c2=C4CCC=3)CC=C1C1C=Cc2c(c3ccccc3n2-c2nc(-c3ccc(-c4cccc5c6c(oc45)=CCCC=6)cc3)c3ccccc3n2)C1. The van der Waals surface area contributed by atoms with E-state index in [2.05, 4.69) is 186 Å². The van der Waals surface area contributed by atoms with Gasteiger partial charge in [-0.15, -0.1) is 11.8 Å². The summed E-state index contributed by atoms with van der Waals surface area (Å²) in [6, 6.07) is 39.5. The Hall–Kier alpha value is -7.21. The van der Waals surface area contributed by atoms with Crippen molar-refractivity contribution in [2.75, 3.05) is 0 Å². The molecule has 8 aromatic rings. The largest absolute Gasteiger partial charge is 0.456 e. The number of benzene rings is 5. The number of furan rings is 1. The molecule has 0 fully saturated rings. The molecule has 5 heteroatoms. The lowest BCUT2D eigenvalue weighted by Crippen LogP contribution is -2.31. The highest BCUT2D eigenvalue weighted by Crippen LogP contribution is 2.55. The Morgan fingerprint density at radius 3 is 2.37 bits per heavy atom. The normalized spacial score (nSPS) is 20.9. The second-order valence-electron chi connectivity index (χ2n) is 19.1. The third-order valence-corrected chi connectivity index (χ3v) is 16.9. The summed E-state index contributed by atoms with van der Waals surface area (Å²) >= 11 is 2.13. The van der Waals surface area contributed by atoms with Gasteiger partial charge < -0.3 is 4.42 Å². The van der Waals surface area contributed by atoms with Crippen LogP contribution >= 0.6 is 11.8 Å². The van der Waals surface area contributed by atoms with Crippen LogP contribution in [0.2, 0.25) is 0 Å². The predicted molar refractivity (Wildman–Crippen MR) is 278 cm³/mol. The molecule has 5 aromatic carbocycles. The van der Waals surface area contributed by atoms with E-state index in [4.69, 9.17) is 14.4 Å². The minimum atomic E-state index is 0.302. The van der Waals surface area contributed by atoms with Crippen molar-refractivity contribution in [3.63, 3.8) is 0 Å². The number of nitrogens with zero attached hydrogens (tertiary/aromatic N) is 3. The molecule has 6 aliphatic carbocycles. The molecular weight excluding hydrogens is 835 g/mol. The summed E-state index contributed by atoms with van der Waals surface area (Å²) in [5.74, 6) is 1.40. The monoisotopic (exact) mass is 879 g/mol. The van der Waals surface area contributed by atoms with E-state index in [-0.39, 0.29) is 0 Å². The molecule has 4 heterocycles. The van der Waals surface area contributed by atoms with Gasteiger partial charge in [-0.25, -0.2) is 9.97 Å². The van der Waals surface area contributed by atoms with Gasteiger partial charge in [0.05, 0.1) is 22.4 Å². The highest BCUT2D eigenvalue weighted by atomic mass is 32.2. The summed E-state index contributed by atoms with van der Waals surface area (Å²) in [4.78, 5) is 12.3. The highest BCUT2D eigenvalue weighted by Gasteiger charge is 2.39. The van der Waals surface area contributed by atoms with E-state index in [1.807, 2.05) is 0 Å². The summed E-state index contributed by atoms with van der Waals surface area (Å²) in [5.41, 5.74) is 19.8. The fraction of sp³-hybridized carbons (Fsp3) is 0.161. The van der Waals surface area contributed by atoms with Gasteiger partial charge in [0.1, 0.15) is 11.0 Å². The standard InChI is InChI=1S/C62H45N3OS/c1-4-19-52-47(14-1)59(40-28-26-38(27-29-40)43-15-9-16-46-45-13-3-6-21-55(45)66-60(43)46)64-62(63-52)65-53-20-5-2-12-44(53)50-34-41(30-32-54(50)65)36-22-24-37(25-23-36)42-31-33-56-51(35-42)58-48-17-7-10-39-11-8-18-49(57(39)48)61(58)67-56/h1-2,4-5,7,9-17,19-24,26-32,35,37,41,56H,3,6,8,18,25,33-34H2. The molecule has 0 saturated carbocycles. The van der Waals surface area contributed by atoms with Crippen molar-refractivity contribution in [1.29, 1.82) is 0 Å². The third kappa shape index (κ3) is 5.74. The van der Waals surface area contributed by atoms with Crippen molar-refractivity contribution in [3.8, 4) is 28.3 Å². The second kappa shape index (κ2) is 14.6. The minimum Gasteiger partial charge on any atom is -0.456 e. The summed E-state index contributed by atoms with van der Waals surface area (Å²) in [7, 11) is 0. The third-order valence-electron chi connectivity index (χ3n) is 15.5. The number of rotatable bonds is 5. The zero-order chi connectivity index (χ0) is 43.7. The van der Waals surface area contributed by atoms with Crippen LogP contribution in [0.1, 0.15) is 55.3 Å². The van der Waals surface area contributed by atoms with Gasteiger partial charge in [0, 0.05) is 60.1 Å². The quantitative estimate of drug-likeness (QED) is 0.173. The van der Waals surface area contributed by atoms with Gasteiger partial charge in [0.15, 0.2) is 0 Å². The van der Waals surface area contributed by atoms with Crippen LogP contribution in [0.5, 0.6) is 0 Å². The van der Waals surface area contributed by atoms with Gasteiger partial charge in [-0.1, -0.05) is 146 Å². The molecule has 0 spiro atoms. The Balaban J connectivity index is 0.737. The van der Waals surface area contributed by atoms with Crippen molar-refractivity contribution in [1.82, 2.24) is 14.5 Å². The average molecular weight is 880 g/mol. The first-order chi connectivity index (χ1) is 33.2. The Labute approximate surface area is 392 Å². The molecule has 15 rings (SSSR count). The van der Waals surface area contributed by atoms with Gasteiger partial charge in [0.25, 0.3) is 0 Å². The fourth-order valence-corrected chi connectivity index (χ4v) is 13.8. The summed E-state index contributed by atoms with van der Waals surface area (Å²) in [5, 5.41) is 8.20. The number of aromatic nitrogens is 3. The first-order valence-electron chi connectivity index (χ1n) is 24.1. The number of hydrogen-bond acceptors (Lipinski definition) is 4. The Bertz CT molecular complexity index is 4000. The van der Waals surface area contributed by atoms with Gasteiger partial charge >= 0.3 is 0 Å². The molecule has 7 aliphatic rings. The molecule has 3 aromatic heterocycles. The molecular formula is C62H45N3OS. The number of hydrogen-bond donors (Lipinski definition) is 0. The maximum absolute atomic E-state index is 6.46. The summed E-state index contributed by atoms with van der Waals surface area (Å²) in [6.07, 6.45) is 31.8. The molecule has 67 heavy (non-hydrogen) atoms. The van der Waals surface area contributed by atoms with E-state index < -0.39 is 0 Å². The first-order valence-corrected chi connectivity index (χ1v) is 25.0. The molecule has 0 amide bonds. The molecule has 1 aliphatic heterocycles. The second-order valence-corrected chi connectivity index (χ2v) is 20.4. The van der Waals surface area contributed by atoms with Crippen LogP contribution < -0.4 is 21.1 Å². The first kappa shape index (κ1) is 38.0. The molecule has 3 atom stereocenters. The minimum absolute atomic E-state index is 0.302. The van der Waals surface area contributed by atoms with Crippen molar-refractivity contribution < 1.29 is 4.42 Å². The number of fused-ring (bicyclic) bond motifs is 11. The van der Waals surface area contributed by atoms with Crippen molar-refractivity contribution in [2.24, 2.45) is 11.8 Å². The van der Waals surface area contributed by atoms with E-state index in [1.54, 1.807) is 16.1 Å².